The third-order valence-corrected chi connectivity index (χ3v) is 5.63. The highest BCUT2D eigenvalue weighted by Crippen LogP contribution is 2.26. The monoisotopic (exact) mass is 349 g/mol. The molecule has 4 heteroatoms. The highest BCUT2D eigenvalue weighted by Gasteiger charge is 2.20. The molecule has 4 rings (SSSR count). The van der Waals surface area contributed by atoms with E-state index in [0.29, 0.717) is 6.04 Å². The average molecular weight is 350 g/mol. The van der Waals surface area contributed by atoms with Crippen LogP contribution in [0, 0.1) is 0 Å². The minimum Gasteiger partial charge on any atom is -0.381 e. The van der Waals surface area contributed by atoms with Crippen LogP contribution in [0.2, 0.25) is 0 Å². The maximum atomic E-state index is 4.61. The van der Waals surface area contributed by atoms with Gasteiger partial charge in [0, 0.05) is 41.5 Å². The third-order valence-electron chi connectivity index (χ3n) is 4.60. The number of hydrogen-bond donors (Lipinski definition) is 1. The molecule has 2 aromatic carbocycles. The number of likely N-dealkylation sites (tertiary alicyclic amines) is 1. The number of nitrogens with zero attached hydrogens (tertiary/aromatic N) is 2. The zero-order valence-corrected chi connectivity index (χ0v) is 15.1. The number of piperidine rings is 1. The summed E-state index contributed by atoms with van der Waals surface area (Å²) in [4.78, 5) is 8.51. The van der Waals surface area contributed by atoms with Crippen LogP contribution in [0.5, 0.6) is 0 Å². The fourth-order valence-electron chi connectivity index (χ4n) is 3.40. The topological polar surface area (TPSA) is 28.2 Å². The second kappa shape index (κ2) is 7.81. The zero-order chi connectivity index (χ0) is 16.9. The number of thiazole rings is 1. The summed E-state index contributed by atoms with van der Waals surface area (Å²) in [6, 6.07) is 21.5. The predicted molar refractivity (Wildman–Crippen MR) is 106 cm³/mol. The van der Waals surface area contributed by atoms with Crippen molar-refractivity contribution in [2.75, 3.05) is 18.4 Å². The van der Waals surface area contributed by atoms with Crippen LogP contribution in [0.1, 0.15) is 17.7 Å². The van der Waals surface area contributed by atoms with E-state index in [1.807, 2.05) is 23.6 Å². The lowest BCUT2D eigenvalue weighted by atomic mass is 10.1. The van der Waals surface area contributed by atoms with Gasteiger partial charge in [0.05, 0.1) is 0 Å². The molecule has 1 saturated heterocycles. The smallest absolute Gasteiger partial charge is 0.123 e. The Hall–Kier alpha value is -2.17. The van der Waals surface area contributed by atoms with Crippen molar-refractivity contribution in [3.8, 4) is 10.6 Å². The summed E-state index contributed by atoms with van der Waals surface area (Å²) in [6.45, 7) is 3.26. The Bertz CT molecular complexity index is 785. The maximum absolute atomic E-state index is 4.61. The Morgan fingerprint density at radius 3 is 2.60 bits per heavy atom. The summed E-state index contributed by atoms with van der Waals surface area (Å²) in [6.07, 6.45) is 4.53. The molecule has 1 N–H and O–H groups in total. The summed E-state index contributed by atoms with van der Waals surface area (Å²) < 4.78 is 0. The molecule has 128 valence electrons. The molecule has 1 fully saturated rings. The van der Waals surface area contributed by atoms with Crippen molar-refractivity contribution in [3.05, 3.63) is 71.7 Å². The molecule has 1 atom stereocenters. The summed E-state index contributed by atoms with van der Waals surface area (Å²) in [5.41, 5.74) is 2.43. The van der Waals surface area contributed by atoms with E-state index in [2.05, 4.69) is 69.8 Å². The van der Waals surface area contributed by atoms with Crippen LogP contribution in [0.4, 0.5) is 5.69 Å². The van der Waals surface area contributed by atoms with Gasteiger partial charge in [-0.05, 0) is 31.5 Å². The van der Waals surface area contributed by atoms with Gasteiger partial charge in [-0.15, -0.1) is 11.3 Å². The predicted octanol–water partition coefficient (Wildman–Crippen LogP) is 4.89. The zero-order valence-electron chi connectivity index (χ0n) is 14.3. The van der Waals surface area contributed by atoms with Crippen molar-refractivity contribution < 1.29 is 0 Å². The first-order chi connectivity index (χ1) is 12.4. The number of anilines is 1. The molecule has 0 bridgehead atoms. The number of aromatic nitrogens is 1. The molecular formula is C21H23N3S. The van der Waals surface area contributed by atoms with Crippen molar-refractivity contribution in [1.82, 2.24) is 9.88 Å². The van der Waals surface area contributed by atoms with Crippen molar-refractivity contribution in [2.24, 2.45) is 0 Å². The Labute approximate surface area is 153 Å². The fraction of sp³-hybridized carbons (Fsp3) is 0.286. The summed E-state index contributed by atoms with van der Waals surface area (Å²) in [7, 11) is 0. The number of nitrogens with one attached hydrogen (secondary N) is 1. The number of hydrogen-bond acceptors (Lipinski definition) is 4. The number of benzene rings is 2. The molecule has 1 aliphatic rings. The minimum absolute atomic E-state index is 0.526. The second-order valence-electron chi connectivity index (χ2n) is 6.58. The first-order valence-electron chi connectivity index (χ1n) is 8.91. The van der Waals surface area contributed by atoms with E-state index in [9.17, 15) is 0 Å². The van der Waals surface area contributed by atoms with Crippen molar-refractivity contribution in [2.45, 2.75) is 25.4 Å². The second-order valence-corrected chi connectivity index (χ2v) is 7.70. The standard InChI is InChI=1S/C21H23N3S/c1-3-8-17(9-4-1)21-22-14-20(25-21)16-24-13-7-12-19(15-24)23-18-10-5-2-6-11-18/h1-6,8-11,14,19,23H,7,12-13,15-16H2/t19-/m1/s1. The average Bonchev–Trinajstić information content (AvgIpc) is 3.12. The van der Waals surface area contributed by atoms with Gasteiger partial charge in [0.2, 0.25) is 0 Å². The highest BCUT2D eigenvalue weighted by molar-refractivity contribution is 7.15. The van der Waals surface area contributed by atoms with Crippen LogP contribution in [0.25, 0.3) is 10.6 Å². The molecule has 3 nitrogen and oxygen atoms in total. The quantitative estimate of drug-likeness (QED) is 0.711. The van der Waals surface area contributed by atoms with Gasteiger partial charge < -0.3 is 5.32 Å². The molecule has 0 saturated carbocycles. The van der Waals surface area contributed by atoms with Crippen LogP contribution < -0.4 is 5.32 Å². The minimum atomic E-state index is 0.526. The molecule has 0 radical (unpaired) electrons. The van der Waals surface area contributed by atoms with Crippen LogP contribution in [0.3, 0.4) is 0 Å². The van der Waals surface area contributed by atoms with Crippen LogP contribution in [-0.4, -0.2) is 29.0 Å². The van der Waals surface area contributed by atoms with Gasteiger partial charge in [-0.1, -0.05) is 48.5 Å². The molecule has 0 amide bonds. The van der Waals surface area contributed by atoms with Crippen LogP contribution in [0.15, 0.2) is 66.9 Å². The Kier molecular flexibility index (Phi) is 5.09. The summed E-state index contributed by atoms with van der Waals surface area (Å²) >= 11 is 1.81. The SMILES string of the molecule is c1ccc(N[C@@H]2CCCN(Cc3cnc(-c4ccccc4)s3)C2)cc1. The molecule has 3 aromatic rings. The van der Waals surface area contributed by atoms with Gasteiger partial charge in [0.25, 0.3) is 0 Å². The molecular weight excluding hydrogens is 326 g/mol. The van der Waals surface area contributed by atoms with Crippen molar-refractivity contribution in [3.63, 3.8) is 0 Å². The molecule has 0 spiro atoms. The van der Waals surface area contributed by atoms with Crippen LogP contribution in [-0.2, 0) is 6.54 Å². The molecule has 2 heterocycles. The molecule has 1 aliphatic heterocycles. The lowest BCUT2D eigenvalue weighted by Gasteiger charge is -2.33. The number of para-hydroxylation sites is 1. The first kappa shape index (κ1) is 16.3. The summed E-state index contributed by atoms with van der Waals surface area (Å²) in [5, 5.41) is 4.79. The van der Waals surface area contributed by atoms with Gasteiger partial charge in [-0.25, -0.2) is 4.98 Å². The van der Waals surface area contributed by atoms with E-state index >= 15 is 0 Å². The number of rotatable bonds is 5. The highest BCUT2D eigenvalue weighted by atomic mass is 32.1. The van der Waals surface area contributed by atoms with E-state index in [1.165, 1.54) is 35.5 Å². The van der Waals surface area contributed by atoms with Gasteiger partial charge in [0.1, 0.15) is 5.01 Å². The van der Waals surface area contributed by atoms with Gasteiger partial charge in [-0.2, -0.15) is 0 Å². The Morgan fingerprint density at radius 2 is 1.80 bits per heavy atom. The van der Waals surface area contributed by atoms with Gasteiger partial charge >= 0.3 is 0 Å². The Balaban J connectivity index is 1.37. The summed E-state index contributed by atoms with van der Waals surface area (Å²) in [5.74, 6) is 0. The van der Waals surface area contributed by atoms with E-state index < -0.39 is 0 Å². The van der Waals surface area contributed by atoms with E-state index in [4.69, 9.17) is 0 Å². The van der Waals surface area contributed by atoms with E-state index in [0.717, 1.165) is 18.1 Å². The fourth-order valence-corrected chi connectivity index (χ4v) is 4.36. The van der Waals surface area contributed by atoms with Gasteiger partial charge in [0.15, 0.2) is 0 Å². The Morgan fingerprint density at radius 1 is 1.04 bits per heavy atom. The third kappa shape index (κ3) is 4.27. The van der Waals surface area contributed by atoms with Gasteiger partial charge in [-0.3, -0.25) is 4.90 Å². The van der Waals surface area contributed by atoms with Crippen molar-refractivity contribution >= 4 is 17.0 Å². The molecule has 25 heavy (non-hydrogen) atoms. The maximum Gasteiger partial charge on any atom is 0.123 e. The molecule has 1 aromatic heterocycles. The normalized spacial score (nSPS) is 18.2. The largest absolute Gasteiger partial charge is 0.381 e. The van der Waals surface area contributed by atoms with Crippen LogP contribution >= 0.6 is 11.3 Å². The molecule has 0 unspecified atom stereocenters. The van der Waals surface area contributed by atoms with E-state index in [-0.39, 0.29) is 0 Å². The van der Waals surface area contributed by atoms with E-state index in [1.54, 1.807) is 0 Å². The lowest BCUT2D eigenvalue weighted by molar-refractivity contribution is 0.210. The molecule has 0 aliphatic carbocycles. The lowest BCUT2D eigenvalue weighted by Crippen LogP contribution is -2.41. The first-order valence-corrected chi connectivity index (χ1v) is 9.72. The van der Waals surface area contributed by atoms with Crippen molar-refractivity contribution in [1.29, 1.82) is 0 Å².